The van der Waals surface area contributed by atoms with E-state index in [1.54, 1.807) is 0 Å². The number of ether oxygens (including phenoxy) is 1. The smallest absolute Gasteiger partial charge is 0.251 e. The van der Waals surface area contributed by atoms with Crippen LogP contribution < -0.4 is 10.6 Å². The zero-order chi connectivity index (χ0) is 21.6. The van der Waals surface area contributed by atoms with Gasteiger partial charge in [-0.3, -0.25) is 4.79 Å². The Morgan fingerprint density at radius 1 is 1.16 bits per heavy atom. The third-order valence-corrected chi connectivity index (χ3v) is 6.65. The minimum absolute atomic E-state index is 0.00925. The van der Waals surface area contributed by atoms with Gasteiger partial charge >= 0.3 is 0 Å². The van der Waals surface area contributed by atoms with Crippen LogP contribution in [0.1, 0.15) is 65.1 Å². The van der Waals surface area contributed by atoms with Crippen molar-refractivity contribution in [2.45, 2.75) is 50.5 Å². The molecule has 0 radical (unpaired) electrons. The first-order valence-corrected chi connectivity index (χ1v) is 11.9. The van der Waals surface area contributed by atoms with Crippen molar-refractivity contribution in [3.8, 4) is 0 Å². The van der Waals surface area contributed by atoms with Gasteiger partial charge in [0, 0.05) is 36.4 Å². The summed E-state index contributed by atoms with van der Waals surface area (Å²) in [5.41, 5.74) is 4.38. The Morgan fingerprint density at radius 2 is 2.03 bits per heavy atom. The molecule has 1 aliphatic carbocycles. The highest BCUT2D eigenvalue weighted by Gasteiger charge is 2.25. The zero-order valence-corrected chi connectivity index (χ0v) is 19.1. The van der Waals surface area contributed by atoms with E-state index in [2.05, 4.69) is 28.8 Å². The fourth-order valence-corrected chi connectivity index (χ4v) is 4.72. The first-order chi connectivity index (χ1) is 15.1. The van der Waals surface area contributed by atoms with Crippen molar-refractivity contribution in [3.05, 3.63) is 69.7 Å². The normalized spacial score (nSPS) is 19.7. The van der Waals surface area contributed by atoms with Crippen LogP contribution in [0.25, 0.3) is 0 Å². The minimum Gasteiger partial charge on any atom is -0.381 e. The first-order valence-electron chi connectivity index (χ1n) is 11.5. The lowest BCUT2D eigenvalue weighted by molar-refractivity contribution is 0.0478. The molecule has 166 valence electrons. The molecule has 1 saturated carbocycles. The fourth-order valence-electron chi connectivity index (χ4n) is 4.50. The molecule has 5 heteroatoms. The Morgan fingerprint density at radius 3 is 2.74 bits per heavy atom. The van der Waals surface area contributed by atoms with E-state index in [0.29, 0.717) is 18.4 Å². The Bertz CT molecular complexity index is 891. The summed E-state index contributed by atoms with van der Waals surface area (Å²) >= 11 is 6.16. The van der Waals surface area contributed by atoms with Gasteiger partial charge in [-0.25, -0.2) is 0 Å². The third kappa shape index (κ3) is 6.55. The molecule has 4 rings (SSSR count). The molecule has 31 heavy (non-hydrogen) atoms. The van der Waals surface area contributed by atoms with Gasteiger partial charge in [-0.1, -0.05) is 29.8 Å². The maximum atomic E-state index is 13.0. The van der Waals surface area contributed by atoms with Crippen molar-refractivity contribution in [1.29, 1.82) is 0 Å². The number of nitrogens with one attached hydrogen (secondary N) is 2. The van der Waals surface area contributed by atoms with Crippen molar-refractivity contribution in [2.75, 3.05) is 26.8 Å². The highest BCUT2D eigenvalue weighted by molar-refractivity contribution is 6.30. The van der Waals surface area contributed by atoms with Crippen LogP contribution in [0.2, 0.25) is 5.02 Å². The van der Waals surface area contributed by atoms with Crippen molar-refractivity contribution >= 4 is 17.5 Å². The molecule has 0 unspecified atom stereocenters. The number of amides is 1. The quantitative estimate of drug-likeness (QED) is 0.580. The van der Waals surface area contributed by atoms with E-state index >= 15 is 0 Å². The summed E-state index contributed by atoms with van der Waals surface area (Å²) in [6, 6.07) is 14.6. The van der Waals surface area contributed by atoms with E-state index in [4.69, 9.17) is 16.3 Å². The molecule has 1 heterocycles. The van der Waals surface area contributed by atoms with Crippen molar-refractivity contribution in [3.63, 3.8) is 0 Å². The van der Waals surface area contributed by atoms with Crippen LogP contribution in [0.15, 0.2) is 42.5 Å². The maximum absolute atomic E-state index is 13.0. The average molecular weight is 441 g/mol. The molecule has 2 N–H and O–H groups in total. The number of carbonyl (C=O) groups is 1. The van der Waals surface area contributed by atoms with E-state index in [-0.39, 0.29) is 11.9 Å². The summed E-state index contributed by atoms with van der Waals surface area (Å²) in [5.74, 6) is 1.18. The van der Waals surface area contributed by atoms with Gasteiger partial charge in [-0.05, 0) is 98.4 Å². The van der Waals surface area contributed by atoms with E-state index in [0.717, 1.165) is 48.6 Å². The SMILES string of the molecule is CN[C@H](CNC(=O)c1cc(Cc2cccc(Cl)c2)cc(C2CC2)c1)C[C@H]1CCCOC1. The molecule has 2 fully saturated rings. The molecule has 2 atom stereocenters. The van der Waals surface area contributed by atoms with Crippen LogP contribution in [-0.2, 0) is 11.2 Å². The summed E-state index contributed by atoms with van der Waals surface area (Å²) < 4.78 is 5.61. The standard InChI is InChI=1S/C26H33ClN2O2/c1-28-25(14-19-5-3-9-31-17-19)16-29-26(30)23-12-20(11-22(15-23)21-7-8-21)10-18-4-2-6-24(27)13-18/h2,4,6,11-13,15,19,21,25,28H,3,5,7-10,14,16-17H2,1H3,(H,29,30)/t19-,25+/m1/s1. The number of hydrogen-bond donors (Lipinski definition) is 2. The molecule has 2 aliphatic rings. The second kappa shape index (κ2) is 10.6. The van der Waals surface area contributed by atoms with Crippen molar-refractivity contribution in [2.24, 2.45) is 5.92 Å². The summed E-state index contributed by atoms with van der Waals surface area (Å²) in [6.07, 6.45) is 6.58. The van der Waals surface area contributed by atoms with Gasteiger partial charge in [0.05, 0.1) is 0 Å². The van der Waals surface area contributed by atoms with Crippen LogP contribution in [0.3, 0.4) is 0 Å². The van der Waals surface area contributed by atoms with E-state index < -0.39 is 0 Å². The molecular weight excluding hydrogens is 408 g/mol. The zero-order valence-electron chi connectivity index (χ0n) is 18.3. The number of carbonyl (C=O) groups excluding carboxylic acids is 1. The summed E-state index contributed by atoms with van der Waals surface area (Å²) in [4.78, 5) is 13.0. The summed E-state index contributed by atoms with van der Waals surface area (Å²) in [6.45, 7) is 2.35. The van der Waals surface area contributed by atoms with Gasteiger partial charge in [0.1, 0.15) is 0 Å². The van der Waals surface area contributed by atoms with E-state index in [1.807, 2.05) is 31.3 Å². The number of rotatable bonds is 9. The molecular formula is C26H33ClN2O2. The minimum atomic E-state index is 0.00925. The molecule has 2 aromatic carbocycles. The van der Waals surface area contributed by atoms with E-state index in [9.17, 15) is 4.79 Å². The number of benzene rings is 2. The molecule has 0 spiro atoms. The van der Waals surface area contributed by atoms with Crippen molar-refractivity contribution < 1.29 is 9.53 Å². The Hall–Kier alpha value is -1.88. The first kappa shape index (κ1) is 22.3. The Kier molecular flexibility index (Phi) is 7.65. The monoisotopic (exact) mass is 440 g/mol. The predicted molar refractivity (Wildman–Crippen MR) is 126 cm³/mol. The summed E-state index contributed by atoms with van der Waals surface area (Å²) in [5, 5.41) is 7.27. The summed E-state index contributed by atoms with van der Waals surface area (Å²) in [7, 11) is 1.97. The van der Waals surface area contributed by atoms with Crippen molar-refractivity contribution in [1.82, 2.24) is 10.6 Å². The van der Waals surface area contributed by atoms with E-state index in [1.165, 1.54) is 30.4 Å². The van der Waals surface area contributed by atoms with Crippen LogP contribution in [0.4, 0.5) is 0 Å². The van der Waals surface area contributed by atoms with Crippen LogP contribution in [0.5, 0.6) is 0 Å². The Balaban J connectivity index is 1.42. The van der Waals surface area contributed by atoms with Crippen LogP contribution >= 0.6 is 11.6 Å². The van der Waals surface area contributed by atoms with Gasteiger partial charge in [0.15, 0.2) is 0 Å². The molecule has 1 aliphatic heterocycles. The molecule has 0 aromatic heterocycles. The molecule has 4 nitrogen and oxygen atoms in total. The van der Waals surface area contributed by atoms with Gasteiger partial charge in [-0.2, -0.15) is 0 Å². The second-order valence-corrected chi connectivity index (χ2v) is 9.50. The molecule has 2 aromatic rings. The Labute approximate surface area is 190 Å². The number of hydrogen-bond acceptors (Lipinski definition) is 3. The lowest BCUT2D eigenvalue weighted by atomic mass is 9.94. The van der Waals surface area contributed by atoms with Gasteiger partial charge in [0.2, 0.25) is 0 Å². The predicted octanol–water partition coefficient (Wildman–Crippen LogP) is 4.94. The van der Waals surface area contributed by atoms with Crippen LogP contribution in [-0.4, -0.2) is 38.8 Å². The lowest BCUT2D eigenvalue weighted by Gasteiger charge is -2.26. The topological polar surface area (TPSA) is 50.4 Å². The number of likely N-dealkylation sites (N-methyl/N-ethyl adjacent to an activating group) is 1. The average Bonchev–Trinajstić information content (AvgIpc) is 3.62. The third-order valence-electron chi connectivity index (χ3n) is 6.41. The molecule has 1 amide bonds. The molecule has 0 bridgehead atoms. The molecule has 1 saturated heterocycles. The number of halogens is 1. The van der Waals surface area contributed by atoms with Gasteiger partial charge in [0.25, 0.3) is 5.91 Å². The van der Waals surface area contributed by atoms with Crippen LogP contribution in [0, 0.1) is 5.92 Å². The second-order valence-electron chi connectivity index (χ2n) is 9.06. The highest BCUT2D eigenvalue weighted by Crippen LogP contribution is 2.41. The van der Waals surface area contributed by atoms with Gasteiger partial charge < -0.3 is 15.4 Å². The van der Waals surface area contributed by atoms with Gasteiger partial charge in [-0.15, -0.1) is 0 Å². The highest BCUT2D eigenvalue weighted by atomic mass is 35.5. The maximum Gasteiger partial charge on any atom is 0.251 e. The lowest BCUT2D eigenvalue weighted by Crippen LogP contribution is -2.41. The largest absolute Gasteiger partial charge is 0.381 e. The fraction of sp³-hybridized carbons (Fsp3) is 0.500.